The minimum Gasteiger partial charge on any atom is -0.480 e. The zero-order valence-corrected chi connectivity index (χ0v) is 31.3. The van der Waals surface area contributed by atoms with Gasteiger partial charge in [-0.1, -0.05) is 0 Å². The maximum Gasteiger partial charge on any atom is 0.331 e. The molecule has 0 aliphatic carbocycles. The highest BCUT2D eigenvalue weighted by molar-refractivity contribution is 5.77. The van der Waals surface area contributed by atoms with Crippen LogP contribution >= 0.6 is 0 Å². The van der Waals surface area contributed by atoms with Gasteiger partial charge in [-0.3, -0.25) is 4.79 Å². The van der Waals surface area contributed by atoms with Crippen molar-refractivity contribution in [2.75, 3.05) is 199 Å². The minimum atomic E-state index is -1.13. The molecule has 0 atom stereocenters. The molecule has 20 heteroatoms. The van der Waals surface area contributed by atoms with Crippen LogP contribution < -0.4 is 5.32 Å². The SMILES string of the molecule is COC(=O)COCCOCCOCCOCCOCCOCCOCCOCCOCCOCCOCCOCCOCCNC(=O)COCC(=O)O. The lowest BCUT2D eigenvalue weighted by Gasteiger charge is -2.09. The van der Waals surface area contributed by atoms with Gasteiger partial charge >= 0.3 is 11.9 Å². The number of hydrogen-bond acceptors (Lipinski definition) is 18. The third-order valence-corrected chi connectivity index (χ3v) is 5.94. The molecule has 0 radical (unpaired) electrons. The van der Waals surface area contributed by atoms with Crippen molar-refractivity contribution in [3.63, 3.8) is 0 Å². The fourth-order valence-corrected chi connectivity index (χ4v) is 3.40. The number of carboxylic acid groups (broad SMARTS) is 1. The van der Waals surface area contributed by atoms with Crippen molar-refractivity contribution in [3.05, 3.63) is 0 Å². The molecule has 0 fully saturated rings. The third-order valence-electron chi connectivity index (χ3n) is 5.94. The average Bonchev–Trinajstić information content (AvgIpc) is 3.15. The fourth-order valence-electron chi connectivity index (χ4n) is 3.40. The number of hydrogen-bond donors (Lipinski definition) is 2. The van der Waals surface area contributed by atoms with E-state index in [9.17, 15) is 14.4 Å². The summed E-state index contributed by atoms with van der Waals surface area (Å²) in [7, 11) is 1.31. The molecule has 1 amide bonds. The van der Waals surface area contributed by atoms with E-state index in [0.29, 0.717) is 172 Å². The molecule has 0 saturated heterocycles. The number of carboxylic acids is 1. The summed E-state index contributed by atoms with van der Waals surface area (Å²) in [5.74, 6) is -1.95. The highest BCUT2D eigenvalue weighted by Gasteiger charge is 2.03. The first-order chi connectivity index (χ1) is 26.1. The number of carbonyl (C=O) groups excluding carboxylic acids is 2. The number of ether oxygens (including phenoxy) is 15. The molecule has 0 aliphatic rings. The topological polar surface area (TPSA) is 222 Å². The molecule has 0 aromatic heterocycles. The Morgan fingerprint density at radius 3 is 0.887 bits per heavy atom. The molecular formula is C33H63NO19. The van der Waals surface area contributed by atoms with Crippen LogP contribution in [0.4, 0.5) is 0 Å². The zero-order chi connectivity index (χ0) is 38.6. The van der Waals surface area contributed by atoms with Crippen molar-refractivity contribution in [1.82, 2.24) is 5.32 Å². The lowest BCUT2D eigenvalue weighted by molar-refractivity contribution is -0.146. The van der Waals surface area contributed by atoms with Gasteiger partial charge in [0.1, 0.15) is 19.8 Å². The third kappa shape index (κ3) is 45.9. The summed E-state index contributed by atoms with van der Waals surface area (Å²) in [6, 6.07) is 0. The number of nitrogens with one attached hydrogen (secondary N) is 1. The van der Waals surface area contributed by atoms with Gasteiger partial charge in [0.15, 0.2) is 0 Å². The van der Waals surface area contributed by atoms with Crippen molar-refractivity contribution in [3.8, 4) is 0 Å². The van der Waals surface area contributed by atoms with Gasteiger partial charge < -0.3 is 81.5 Å². The second-order valence-electron chi connectivity index (χ2n) is 10.2. The highest BCUT2D eigenvalue weighted by atomic mass is 16.6. The predicted molar refractivity (Wildman–Crippen MR) is 184 cm³/mol. The standard InChI is InChI=1S/C33H63NO19/c1-39-33(38)30-52-27-26-51-25-24-50-23-22-49-21-20-48-19-18-47-17-16-46-15-14-45-13-12-44-11-10-43-9-8-42-7-6-41-5-4-40-3-2-34-31(35)28-53-29-32(36)37/h2-30H2,1H3,(H,34,35)(H,36,37). The predicted octanol–water partition coefficient (Wildman–Crippen LogP) is -1.41. The van der Waals surface area contributed by atoms with Crippen LogP contribution in [0.3, 0.4) is 0 Å². The first-order valence-corrected chi connectivity index (χ1v) is 17.7. The molecular weight excluding hydrogens is 714 g/mol. The molecule has 2 N–H and O–H groups in total. The van der Waals surface area contributed by atoms with Crippen molar-refractivity contribution in [1.29, 1.82) is 0 Å². The zero-order valence-electron chi connectivity index (χ0n) is 31.3. The number of methoxy groups -OCH3 is 1. The summed E-state index contributed by atoms with van der Waals surface area (Å²) in [5, 5.41) is 11.0. The summed E-state index contributed by atoms with van der Waals surface area (Å²) >= 11 is 0. The average molecular weight is 778 g/mol. The lowest BCUT2D eigenvalue weighted by Crippen LogP contribution is -2.31. The van der Waals surface area contributed by atoms with Crippen molar-refractivity contribution >= 4 is 17.8 Å². The largest absolute Gasteiger partial charge is 0.480 e. The first kappa shape index (κ1) is 50.9. The van der Waals surface area contributed by atoms with Gasteiger partial charge in [0.2, 0.25) is 5.91 Å². The number of carbonyl (C=O) groups is 3. The summed E-state index contributed by atoms with van der Waals surface area (Å²) in [6.45, 7) is 10.4. The van der Waals surface area contributed by atoms with Crippen LogP contribution in [0, 0.1) is 0 Å². The molecule has 0 spiro atoms. The van der Waals surface area contributed by atoms with Crippen LogP contribution in [0.25, 0.3) is 0 Å². The summed E-state index contributed by atoms with van der Waals surface area (Å²) < 4.78 is 79.2. The summed E-state index contributed by atoms with van der Waals surface area (Å²) in [5.41, 5.74) is 0. The molecule has 0 bridgehead atoms. The van der Waals surface area contributed by atoms with Gasteiger partial charge in [0.05, 0.1) is 172 Å². The van der Waals surface area contributed by atoms with Crippen LogP contribution in [-0.4, -0.2) is 222 Å². The van der Waals surface area contributed by atoms with Crippen LogP contribution in [0.5, 0.6) is 0 Å². The van der Waals surface area contributed by atoms with Gasteiger partial charge in [-0.2, -0.15) is 0 Å². The maximum absolute atomic E-state index is 11.4. The number of aliphatic carboxylic acids is 1. The van der Waals surface area contributed by atoms with Gasteiger partial charge in [0.25, 0.3) is 0 Å². The second kappa shape index (κ2) is 44.2. The molecule has 314 valence electrons. The number of esters is 1. The van der Waals surface area contributed by atoms with E-state index >= 15 is 0 Å². The van der Waals surface area contributed by atoms with Gasteiger partial charge in [-0.25, -0.2) is 9.59 Å². The molecule has 0 aromatic carbocycles. The molecule has 20 nitrogen and oxygen atoms in total. The molecule has 0 aromatic rings. The maximum atomic E-state index is 11.4. The molecule has 53 heavy (non-hydrogen) atoms. The van der Waals surface area contributed by atoms with Crippen LogP contribution in [0.2, 0.25) is 0 Å². The summed E-state index contributed by atoms with van der Waals surface area (Å²) in [6.07, 6.45) is 0. The van der Waals surface area contributed by atoms with E-state index in [4.69, 9.17) is 66.7 Å². The van der Waals surface area contributed by atoms with Crippen molar-refractivity contribution < 1.29 is 90.5 Å². The Morgan fingerprint density at radius 1 is 0.358 bits per heavy atom. The quantitative estimate of drug-likeness (QED) is 0.0536. The van der Waals surface area contributed by atoms with E-state index < -0.39 is 24.5 Å². The monoisotopic (exact) mass is 777 g/mol. The van der Waals surface area contributed by atoms with Crippen LogP contribution in [0.15, 0.2) is 0 Å². The second-order valence-corrected chi connectivity index (χ2v) is 10.2. The van der Waals surface area contributed by atoms with Crippen LogP contribution in [0.1, 0.15) is 0 Å². The first-order valence-electron chi connectivity index (χ1n) is 17.7. The van der Waals surface area contributed by atoms with Crippen LogP contribution in [-0.2, 0) is 85.4 Å². The normalized spacial score (nSPS) is 11.3. The molecule has 0 saturated carbocycles. The van der Waals surface area contributed by atoms with Crippen molar-refractivity contribution in [2.24, 2.45) is 0 Å². The Kier molecular flexibility index (Phi) is 42.5. The number of rotatable bonds is 45. The molecule has 0 aliphatic heterocycles. The van der Waals surface area contributed by atoms with E-state index in [0.717, 1.165) is 0 Å². The Bertz CT molecular complexity index is 798. The number of amides is 1. The minimum absolute atomic E-state index is 0.0795. The summed E-state index contributed by atoms with van der Waals surface area (Å²) in [4.78, 5) is 32.5. The van der Waals surface area contributed by atoms with Gasteiger partial charge in [0, 0.05) is 6.54 Å². The molecule has 0 heterocycles. The molecule has 0 unspecified atom stereocenters. The van der Waals surface area contributed by atoms with E-state index in [1.54, 1.807) is 0 Å². The Hall–Kier alpha value is -2.15. The highest BCUT2D eigenvalue weighted by Crippen LogP contribution is 1.88. The Morgan fingerprint density at radius 2 is 0.623 bits per heavy atom. The van der Waals surface area contributed by atoms with Crippen molar-refractivity contribution in [2.45, 2.75) is 0 Å². The molecule has 0 rings (SSSR count). The lowest BCUT2D eigenvalue weighted by atomic mass is 10.6. The van der Waals surface area contributed by atoms with Gasteiger partial charge in [-0.15, -0.1) is 0 Å². The fraction of sp³-hybridized carbons (Fsp3) is 0.909. The van der Waals surface area contributed by atoms with E-state index in [2.05, 4.69) is 14.8 Å². The van der Waals surface area contributed by atoms with E-state index in [1.807, 2.05) is 0 Å². The van der Waals surface area contributed by atoms with Gasteiger partial charge in [-0.05, 0) is 0 Å². The Labute approximate surface area is 312 Å². The van der Waals surface area contributed by atoms with E-state index in [-0.39, 0.29) is 13.2 Å². The Balaban J connectivity index is 3.10. The smallest absolute Gasteiger partial charge is 0.331 e. The van der Waals surface area contributed by atoms with E-state index in [1.165, 1.54) is 7.11 Å².